The van der Waals surface area contributed by atoms with Gasteiger partial charge in [-0.3, -0.25) is 9.59 Å². The molecule has 22 heavy (non-hydrogen) atoms. The third kappa shape index (κ3) is 2.69. The van der Waals surface area contributed by atoms with Crippen LogP contribution in [0.1, 0.15) is 37.5 Å². The molecular weight excluding hydrogens is 280 g/mol. The van der Waals surface area contributed by atoms with E-state index in [4.69, 9.17) is 9.47 Å². The Kier molecular flexibility index (Phi) is 3.84. The number of rotatable bonds is 2. The minimum absolute atomic E-state index is 0.356. The SMILES string of the molecule is CC(=O)O[C@H]1CCc2ccc3ccccc3c2[C@@H]1OC(C)=O. The zero-order valence-corrected chi connectivity index (χ0v) is 12.7. The number of carbonyl (C=O) groups excluding carboxylic acids is 2. The quantitative estimate of drug-likeness (QED) is 0.798. The Morgan fingerprint density at radius 1 is 1.00 bits per heavy atom. The molecule has 2 atom stereocenters. The molecule has 0 N–H and O–H groups in total. The Hall–Kier alpha value is -2.36. The van der Waals surface area contributed by atoms with Gasteiger partial charge in [-0.25, -0.2) is 0 Å². The molecule has 1 aliphatic rings. The second-order valence-electron chi connectivity index (χ2n) is 5.58. The van der Waals surface area contributed by atoms with Crippen molar-refractivity contribution in [3.05, 3.63) is 47.5 Å². The maximum absolute atomic E-state index is 11.5. The number of ether oxygens (including phenoxy) is 2. The highest BCUT2D eigenvalue weighted by molar-refractivity contribution is 5.87. The summed E-state index contributed by atoms with van der Waals surface area (Å²) in [5, 5.41) is 2.13. The van der Waals surface area contributed by atoms with Crippen molar-refractivity contribution in [1.82, 2.24) is 0 Å². The molecule has 4 heteroatoms. The Morgan fingerprint density at radius 3 is 2.45 bits per heavy atom. The van der Waals surface area contributed by atoms with Crippen LogP contribution in [0.3, 0.4) is 0 Å². The van der Waals surface area contributed by atoms with E-state index in [0.29, 0.717) is 6.42 Å². The van der Waals surface area contributed by atoms with Gasteiger partial charge in [-0.1, -0.05) is 36.4 Å². The maximum Gasteiger partial charge on any atom is 0.303 e. The lowest BCUT2D eigenvalue weighted by Gasteiger charge is -2.33. The number of benzene rings is 2. The van der Waals surface area contributed by atoms with E-state index in [-0.39, 0.29) is 11.9 Å². The summed E-state index contributed by atoms with van der Waals surface area (Å²) in [5.74, 6) is -0.728. The van der Waals surface area contributed by atoms with E-state index in [1.807, 2.05) is 24.3 Å². The van der Waals surface area contributed by atoms with Gasteiger partial charge in [0.15, 0.2) is 6.10 Å². The van der Waals surface area contributed by atoms with Crippen molar-refractivity contribution in [2.45, 2.75) is 38.9 Å². The summed E-state index contributed by atoms with van der Waals surface area (Å²) in [6, 6.07) is 12.1. The molecule has 0 radical (unpaired) electrons. The van der Waals surface area contributed by atoms with Gasteiger partial charge in [-0.2, -0.15) is 0 Å². The molecule has 0 amide bonds. The second kappa shape index (κ2) is 5.79. The third-order valence-electron chi connectivity index (χ3n) is 3.99. The molecule has 4 nitrogen and oxygen atoms in total. The number of esters is 2. The number of hydrogen-bond donors (Lipinski definition) is 0. The van der Waals surface area contributed by atoms with Gasteiger partial charge >= 0.3 is 11.9 Å². The molecule has 0 aliphatic heterocycles. The smallest absolute Gasteiger partial charge is 0.303 e. The van der Waals surface area contributed by atoms with Gasteiger partial charge in [-0.05, 0) is 29.2 Å². The van der Waals surface area contributed by atoms with Crippen LogP contribution in [0.25, 0.3) is 10.8 Å². The summed E-state index contributed by atoms with van der Waals surface area (Å²) in [6.45, 7) is 2.76. The Bertz CT molecular complexity index is 735. The van der Waals surface area contributed by atoms with Crippen molar-refractivity contribution >= 4 is 22.7 Å². The van der Waals surface area contributed by atoms with Gasteiger partial charge in [-0.15, -0.1) is 0 Å². The van der Waals surface area contributed by atoms with Crippen LogP contribution in [0.2, 0.25) is 0 Å². The molecule has 0 heterocycles. The van der Waals surface area contributed by atoms with E-state index >= 15 is 0 Å². The van der Waals surface area contributed by atoms with Crippen LogP contribution in [-0.2, 0) is 25.5 Å². The monoisotopic (exact) mass is 298 g/mol. The molecule has 0 spiro atoms. The van der Waals surface area contributed by atoms with Crippen LogP contribution in [0.4, 0.5) is 0 Å². The molecule has 0 bridgehead atoms. The van der Waals surface area contributed by atoms with E-state index in [1.165, 1.54) is 13.8 Å². The van der Waals surface area contributed by atoms with E-state index in [9.17, 15) is 9.59 Å². The fraction of sp³-hybridized carbons (Fsp3) is 0.333. The predicted octanol–water partition coefficient (Wildman–Crippen LogP) is 3.32. The minimum atomic E-state index is -0.545. The summed E-state index contributed by atoms with van der Waals surface area (Å²) in [5.41, 5.74) is 2.11. The Labute approximate surface area is 129 Å². The summed E-state index contributed by atoms with van der Waals surface area (Å²) >= 11 is 0. The molecule has 0 unspecified atom stereocenters. The second-order valence-corrected chi connectivity index (χ2v) is 5.58. The van der Waals surface area contributed by atoms with E-state index in [0.717, 1.165) is 28.3 Å². The fourth-order valence-corrected chi connectivity index (χ4v) is 3.18. The van der Waals surface area contributed by atoms with E-state index in [1.54, 1.807) is 0 Å². The zero-order valence-electron chi connectivity index (χ0n) is 12.7. The van der Waals surface area contributed by atoms with Gasteiger partial charge in [0, 0.05) is 19.4 Å². The van der Waals surface area contributed by atoms with Crippen molar-refractivity contribution in [3.63, 3.8) is 0 Å². The first-order valence-electron chi connectivity index (χ1n) is 7.41. The molecule has 0 saturated carbocycles. The predicted molar refractivity (Wildman–Crippen MR) is 82.3 cm³/mol. The largest absolute Gasteiger partial charge is 0.458 e. The molecule has 0 fully saturated rings. The summed E-state index contributed by atoms with van der Waals surface area (Å²) < 4.78 is 10.9. The van der Waals surface area contributed by atoms with Gasteiger partial charge in [0.25, 0.3) is 0 Å². The molecule has 3 rings (SSSR count). The average Bonchev–Trinajstić information content (AvgIpc) is 2.48. The highest BCUT2D eigenvalue weighted by Gasteiger charge is 2.35. The normalized spacial score (nSPS) is 20.3. The standard InChI is InChI=1S/C18H18O4/c1-11(19)21-16-10-9-14-8-7-13-5-3-4-6-15(13)17(14)18(16)22-12(2)20/h3-8,16,18H,9-10H2,1-2H3/t16-,18+/m0/s1. The van der Waals surface area contributed by atoms with Gasteiger partial charge in [0.05, 0.1) is 0 Å². The Balaban J connectivity index is 2.14. The van der Waals surface area contributed by atoms with Crippen molar-refractivity contribution in [2.24, 2.45) is 0 Å². The van der Waals surface area contributed by atoms with Crippen molar-refractivity contribution < 1.29 is 19.1 Å². The lowest BCUT2D eigenvalue weighted by molar-refractivity contribution is -0.167. The summed E-state index contributed by atoms with van der Waals surface area (Å²) in [4.78, 5) is 22.9. The minimum Gasteiger partial charge on any atom is -0.458 e. The van der Waals surface area contributed by atoms with Crippen molar-refractivity contribution in [1.29, 1.82) is 0 Å². The lowest BCUT2D eigenvalue weighted by atomic mass is 9.84. The molecule has 0 aromatic heterocycles. The summed E-state index contributed by atoms with van der Waals surface area (Å²) in [6.07, 6.45) is 0.481. The average molecular weight is 298 g/mol. The van der Waals surface area contributed by atoms with Gasteiger partial charge in [0.1, 0.15) is 6.10 Å². The first kappa shape index (κ1) is 14.6. The highest BCUT2D eigenvalue weighted by atomic mass is 16.6. The molecular formula is C18H18O4. The number of carbonyl (C=O) groups is 2. The molecule has 0 saturated heterocycles. The van der Waals surface area contributed by atoms with Crippen LogP contribution in [0.5, 0.6) is 0 Å². The van der Waals surface area contributed by atoms with E-state index < -0.39 is 12.2 Å². The molecule has 2 aromatic carbocycles. The number of hydrogen-bond acceptors (Lipinski definition) is 4. The van der Waals surface area contributed by atoms with Gasteiger partial charge in [0.2, 0.25) is 0 Å². The number of fused-ring (bicyclic) bond motifs is 3. The molecule has 1 aliphatic carbocycles. The van der Waals surface area contributed by atoms with Crippen molar-refractivity contribution in [2.75, 3.05) is 0 Å². The first-order chi connectivity index (χ1) is 10.6. The topological polar surface area (TPSA) is 52.6 Å². The molecule has 114 valence electrons. The highest BCUT2D eigenvalue weighted by Crippen LogP contribution is 2.39. The van der Waals surface area contributed by atoms with Crippen LogP contribution in [0, 0.1) is 0 Å². The maximum atomic E-state index is 11.5. The van der Waals surface area contributed by atoms with Crippen molar-refractivity contribution in [3.8, 4) is 0 Å². The fourth-order valence-electron chi connectivity index (χ4n) is 3.18. The van der Waals surface area contributed by atoms with E-state index in [2.05, 4.69) is 12.1 Å². The van der Waals surface area contributed by atoms with Crippen LogP contribution in [-0.4, -0.2) is 18.0 Å². The lowest BCUT2D eigenvalue weighted by Crippen LogP contribution is -2.32. The Morgan fingerprint density at radius 2 is 1.73 bits per heavy atom. The van der Waals surface area contributed by atoms with Crippen LogP contribution < -0.4 is 0 Å². The molecule has 2 aromatic rings. The van der Waals surface area contributed by atoms with Crippen LogP contribution >= 0.6 is 0 Å². The first-order valence-corrected chi connectivity index (χ1v) is 7.41. The van der Waals surface area contributed by atoms with Crippen LogP contribution in [0.15, 0.2) is 36.4 Å². The zero-order chi connectivity index (χ0) is 15.7. The van der Waals surface area contributed by atoms with Gasteiger partial charge < -0.3 is 9.47 Å². The summed E-state index contributed by atoms with van der Waals surface area (Å²) in [7, 11) is 0. The third-order valence-corrected chi connectivity index (χ3v) is 3.99. The number of aryl methyl sites for hydroxylation is 1.